The third-order valence-corrected chi connectivity index (χ3v) is 6.13. The van der Waals surface area contributed by atoms with E-state index in [2.05, 4.69) is 32.1 Å². The molecule has 0 unspecified atom stereocenters. The molecule has 0 bridgehead atoms. The number of ether oxygens (including phenoxy) is 1. The first kappa shape index (κ1) is 16.8. The first-order valence-electron chi connectivity index (χ1n) is 8.80. The second-order valence-electron chi connectivity index (χ2n) is 7.06. The van der Waals surface area contributed by atoms with Gasteiger partial charge in [0.25, 0.3) is 5.91 Å². The van der Waals surface area contributed by atoms with E-state index in [-0.39, 0.29) is 11.5 Å². The highest BCUT2D eigenvalue weighted by atomic mass is 32.1. The number of nitrogens with zero attached hydrogens (tertiary/aromatic N) is 3. The standard InChI is InChI=1S/C18H24N4O2S/c1-21-16(3-7-20-21)17(23)19-6-2-15-4-8-24-18(15)12-22(13-18)10-14-5-9-25-11-14/h3,5,7,9,11,15H,2,4,6,8,10,12-13H2,1H3,(H,19,23)/t15-/m1/s1. The quantitative estimate of drug-likeness (QED) is 0.855. The lowest BCUT2D eigenvalue weighted by Crippen LogP contribution is -2.64. The first-order valence-corrected chi connectivity index (χ1v) is 9.74. The highest BCUT2D eigenvalue weighted by molar-refractivity contribution is 7.07. The number of rotatable bonds is 6. The molecule has 4 heterocycles. The second kappa shape index (κ2) is 6.90. The number of hydrogen-bond donors (Lipinski definition) is 1. The highest BCUT2D eigenvalue weighted by Crippen LogP contribution is 2.42. The molecule has 2 aromatic rings. The van der Waals surface area contributed by atoms with Crippen molar-refractivity contribution in [2.75, 3.05) is 26.2 Å². The molecule has 0 radical (unpaired) electrons. The number of thiophene rings is 1. The van der Waals surface area contributed by atoms with Crippen molar-refractivity contribution in [1.82, 2.24) is 20.0 Å². The van der Waals surface area contributed by atoms with E-state index >= 15 is 0 Å². The van der Waals surface area contributed by atoms with Crippen molar-refractivity contribution in [2.45, 2.75) is 25.0 Å². The van der Waals surface area contributed by atoms with E-state index in [0.29, 0.717) is 18.2 Å². The zero-order valence-electron chi connectivity index (χ0n) is 14.5. The van der Waals surface area contributed by atoms with Crippen molar-refractivity contribution in [1.29, 1.82) is 0 Å². The number of nitrogens with one attached hydrogen (secondary N) is 1. The van der Waals surface area contributed by atoms with Gasteiger partial charge in [0.15, 0.2) is 0 Å². The van der Waals surface area contributed by atoms with Crippen LogP contribution >= 0.6 is 11.3 Å². The maximum Gasteiger partial charge on any atom is 0.269 e. The summed E-state index contributed by atoms with van der Waals surface area (Å²) in [7, 11) is 1.78. The molecule has 0 aromatic carbocycles. The van der Waals surface area contributed by atoms with Crippen molar-refractivity contribution >= 4 is 17.2 Å². The maximum atomic E-state index is 12.2. The Morgan fingerprint density at radius 1 is 1.48 bits per heavy atom. The van der Waals surface area contributed by atoms with Crippen LogP contribution in [0.2, 0.25) is 0 Å². The summed E-state index contributed by atoms with van der Waals surface area (Å²) in [6.07, 6.45) is 3.70. The van der Waals surface area contributed by atoms with Crippen molar-refractivity contribution in [2.24, 2.45) is 13.0 Å². The Balaban J connectivity index is 1.25. The molecule has 1 amide bonds. The van der Waals surface area contributed by atoms with Gasteiger partial charge in [-0.2, -0.15) is 16.4 Å². The van der Waals surface area contributed by atoms with Crippen LogP contribution in [0, 0.1) is 5.92 Å². The molecule has 2 saturated heterocycles. The molecule has 134 valence electrons. The molecule has 4 rings (SSSR count). The third kappa shape index (κ3) is 3.36. The molecule has 0 saturated carbocycles. The number of carbonyl (C=O) groups is 1. The summed E-state index contributed by atoms with van der Waals surface area (Å²) in [6.45, 7) is 4.54. The van der Waals surface area contributed by atoms with E-state index < -0.39 is 0 Å². The van der Waals surface area contributed by atoms with Gasteiger partial charge in [-0.05, 0) is 47.2 Å². The summed E-state index contributed by atoms with van der Waals surface area (Å²) in [5.41, 5.74) is 1.99. The van der Waals surface area contributed by atoms with Crippen LogP contribution in [0.4, 0.5) is 0 Å². The molecule has 2 aliphatic heterocycles. The molecule has 0 aliphatic carbocycles. The Morgan fingerprint density at radius 3 is 3.08 bits per heavy atom. The Morgan fingerprint density at radius 2 is 2.36 bits per heavy atom. The van der Waals surface area contributed by atoms with Crippen LogP contribution in [-0.2, 0) is 18.3 Å². The van der Waals surface area contributed by atoms with Gasteiger partial charge in [0.2, 0.25) is 0 Å². The smallest absolute Gasteiger partial charge is 0.269 e. The van der Waals surface area contributed by atoms with E-state index in [0.717, 1.165) is 39.1 Å². The van der Waals surface area contributed by atoms with Crippen molar-refractivity contribution in [3.8, 4) is 0 Å². The predicted molar refractivity (Wildman–Crippen MR) is 96.5 cm³/mol. The molecule has 2 fully saturated rings. The number of amides is 1. The van der Waals surface area contributed by atoms with E-state index in [4.69, 9.17) is 4.74 Å². The minimum Gasteiger partial charge on any atom is -0.372 e. The first-order chi connectivity index (χ1) is 12.2. The predicted octanol–water partition coefficient (Wildman–Crippen LogP) is 1.89. The number of aryl methyl sites for hydroxylation is 1. The molecule has 1 spiro atoms. The Kier molecular flexibility index (Phi) is 4.62. The third-order valence-electron chi connectivity index (χ3n) is 5.40. The molecule has 2 aliphatic rings. The monoisotopic (exact) mass is 360 g/mol. The molecule has 7 heteroatoms. The minimum absolute atomic E-state index is 0.00722. The summed E-state index contributed by atoms with van der Waals surface area (Å²) in [6, 6.07) is 3.93. The van der Waals surface area contributed by atoms with Gasteiger partial charge in [-0.3, -0.25) is 14.4 Å². The summed E-state index contributed by atoms with van der Waals surface area (Å²) in [5.74, 6) is 0.471. The van der Waals surface area contributed by atoms with Gasteiger partial charge in [0, 0.05) is 46.0 Å². The van der Waals surface area contributed by atoms with Crippen LogP contribution in [-0.4, -0.2) is 52.4 Å². The van der Waals surface area contributed by atoms with Crippen LogP contribution in [0.1, 0.15) is 28.9 Å². The summed E-state index contributed by atoms with van der Waals surface area (Å²) in [5, 5.41) is 11.4. The minimum atomic E-state index is -0.0549. The Labute approximate surface area is 151 Å². The number of likely N-dealkylation sites (tertiary alicyclic amines) is 1. The fourth-order valence-corrected chi connectivity index (χ4v) is 4.71. The maximum absolute atomic E-state index is 12.2. The molecule has 1 N–H and O–H groups in total. The van der Waals surface area contributed by atoms with E-state index in [1.54, 1.807) is 35.3 Å². The lowest BCUT2D eigenvalue weighted by atomic mass is 9.79. The number of aromatic nitrogens is 2. The SMILES string of the molecule is Cn1nccc1C(=O)NCC[C@@H]1CCOC12CN(Cc1ccsc1)C2. The van der Waals surface area contributed by atoms with Gasteiger partial charge < -0.3 is 10.1 Å². The summed E-state index contributed by atoms with van der Waals surface area (Å²) >= 11 is 1.75. The molecule has 1 atom stereocenters. The highest BCUT2D eigenvalue weighted by Gasteiger charge is 2.52. The van der Waals surface area contributed by atoms with Crippen LogP contribution in [0.15, 0.2) is 29.1 Å². The molecule has 25 heavy (non-hydrogen) atoms. The van der Waals surface area contributed by atoms with Crippen LogP contribution < -0.4 is 5.32 Å². The van der Waals surface area contributed by atoms with Gasteiger partial charge in [-0.25, -0.2) is 0 Å². The van der Waals surface area contributed by atoms with Crippen LogP contribution in [0.5, 0.6) is 0 Å². The van der Waals surface area contributed by atoms with Gasteiger partial charge in [0.05, 0.1) is 5.60 Å². The van der Waals surface area contributed by atoms with Crippen LogP contribution in [0.25, 0.3) is 0 Å². The molecular weight excluding hydrogens is 336 g/mol. The van der Waals surface area contributed by atoms with Gasteiger partial charge in [-0.1, -0.05) is 0 Å². The zero-order valence-corrected chi connectivity index (χ0v) is 15.3. The molecule has 6 nitrogen and oxygen atoms in total. The zero-order chi connectivity index (χ0) is 17.3. The fourth-order valence-electron chi connectivity index (χ4n) is 4.05. The fraction of sp³-hybridized carbons (Fsp3) is 0.556. The summed E-state index contributed by atoms with van der Waals surface area (Å²) in [4.78, 5) is 14.6. The lowest BCUT2D eigenvalue weighted by molar-refractivity contribution is -0.136. The van der Waals surface area contributed by atoms with Gasteiger partial charge in [-0.15, -0.1) is 0 Å². The van der Waals surface area contributed by atoms with Crippen molar-refractivity contribution in [3.05, 3.63) is 40.3 Å². The second-order valence-corrected chi connectivity index (χ2v) is 7.84. The topological polar surface area (TPSA) is 59.4 Å². The van der Waals surface area contributed by atoms with Crippen molar-refractivity contribution in [3.63, 3.8) is 0 Å². The van der Waals surface area contributed by atoms with E-state index in [1.165, 1.54) is 5.56 Å². The Bertz CT molecular complexity index is 721. The van der Waals surface area contributed by atoms with Crippen LogP contribution in [0.3, 0.4) is 0 Å². The Hall–Kier alpha value is -1.70. The molecular formula is C18H24N4O2S. The van der Waals surface area contributed by atoms with Crippen molar-refractivity contribution < 1.29 is 9.53 Å². The van der Waals surface area contributed by atoms with Gasteiger partial charge in [0.1, 0.15) is 5.69 Å². The average molecular weight is 360 g/mol. The van der Waals surface area contributed by atoms with Gasteiger partial charge >= 0.3 is 0 Å². The molecule has 2 aromatic heterocycles. The normalized spacial score (nSPS) is 22.2. The van der Waals surface area contributed by atoms with E-state index in [9.17, 15) is 4.79 Å². The lowest BCUT2D eigenvalue weighted by Gasteiger charge is -2.50. The summed E-state index contributed by atoms with van der Waals surface area (Å²) < 4.78 is 7.72. The van der Waals surface area contributed by atoms with E-state index in [1.807, 2.05) is 0 Å². The number of hydrogen-bond acceptors (Lipinski definition) is 5. The average Bonchev–Trinajstić information content (AvgIpc) is 3.28. The largest absolute Gasteiger partial charge is 0.372 e. The number of carbonyl (C=O) groups excluding carboxylic acids is 1.